The summed E-state index contributed by atoms with van der Waals surface area (Å²) in [6.45, 7) is 5.40. The van der Waals surface area contributed by atoms with E-state index < -0.39 is 0 Å². The molecule has 2 heteroatoms. The second kappa shape index (κ2) is 4.94. The molecule has 0 radical (unpaired) electrons. The van der Waals surface area contributed by atoms with E-state index in [1.165, 1.54) is 18.5 Å². The molecule has 1 aromatic heterocycles. The summed E-state index contributed by atoms with van der Waals surface area (Å²) in [5.74, 6) is 0. The fraction of sp³-hybridized carbons (Fsp3) is 0.667. The monoisotopic (exact) mass is 154 g/mol. The molecular formula is C9H18N2. The van der Waals surface area contributed by atoms with Crippen molar-refractivity contribution in [3.8, 4) is 0 Å². The Hall–Kier alpha value is -0.790. The second-order valence-electron chi connectivity index (χ2n) is 2.58. The first-order valence-electron chi connectivity index (χ1n) is 3.81. The lowest BCUT2D eigenvalue weighted by atomic mass is 10.3. The van der Waals surface area contributed by atoms with Gasteiger partial charge in [-0.2, -0.15) is 0 Å². The maximum absolute atomic E-state index is 4.04. The maximum atomic E-state index is 4.04. The van der Waals surface area contributed by atoms with Gasteiger partial charge in [0.1, 0.15) is 0 Å². The summed E-state index contributed by atoms with van der Waals surface area (Å²) in [7, 11) is 0. The van der Waals surface area contributed by atoms with Gasteiger partial charge in [0.15, 0.2) is 0 Å². The maximum Gasteiger partial charge on any atom is 0.0948 e. The van der Waals surface area contributed by atoms with Gasteiger partial charge < -0.3 is 4.57 Å². The third kappa shape index (κ3) is 2.74. The Morgan fingerprint density at radius 3 is 2.73 bits per heavy atom. The van der Waals surface area contributed by atoms with Crippen LogP contribution in [0.25, 0.3) is 0 Å². The molecule has 0 aliphatic rings. The Balaban J connectivity index is 0.000001000. The molecule has 0 N–H and O–H groups in total. The summed E-state index contributed by atoms with van der Waals surface area (Å²) in [5, 5.41) is 0. The molecule has 0 aliphatic heterocycles. The van der Waals surface area contributed by atoms with E-state index in [0.29, 0.717) is 0 Å². The molecule has 0 fully saturated rings. The summed E-state index contributed by atoms with van der Waals surface area (Å²) in [6, 6.07) is 0. The molecule has 0 saturated heterocycles. The van der Waals surface area contributed by atoms with Crippen molar-refractivity contribution in [1.82, 2.24) is 9.55 Å². The summed E-state index contributed by atoms with van der Waals surface area (Å²) < 4.78 is 2.18. The Morgan fingerprint density at radius 1 is 1.55 bits per heavy atom. The Kier molecular flexibility index (Phi) is 4.59. The molecule has 0 aliphatic carbocycles. The molecule has 0 atom stereocenters. The van der Waals surface area contributed by atoms with E-state index in [1.54, 1.807) is 0 Å². The van der Waals surface area contributed by atoms with Crippen LogP contribution in [-0.4, -0.2) is 9.55 Å². The van der Waals surface area contributed by atoms with Crippen molar-refractivity contribution in [2.45, 2.75) is 40.7 Å². The highest BCUT2D eigenvalue weighted by atomic mass is 15.0. The van der Waals surface area contributed by atoms with Crippen LogP contribution in [-0.2, 0) is 6.54 Å². The first-order valence-corrected chi connectivity index (χ1v) is 3.81. The SMILES string of the molecule is C.CCCCn1cncc1C. The van der Waals surface area contributed by atoms with E-state index >= 15 is 0 Å². The third-order valence-electron chi connectivity index (χ3n) is 1.67. The minimum Gasteiger partial charge on any atom is -0.335 e. The van der Waals surface area contributed by atoms with E-state index in [4.69, 9.17) is 0 Å². The van der Waals surface area contributed by atoms with Gasteiger partial charge in [0.2, 0.25) is 0 Å². The van der Waals surface area contributed by atoms with Crippen LogP contribution < -0.4 is 0 Å². The van der Waals surface area contributed by atoms with E-state index in [0.717, 1.165) is 6.54 Å². The fourth-order valence-electron chi connectivity index (χ4n) is 0.949. The lowest BCUT2D eigenvalue weighted by molar-refractivity contribution is 0.619. The Labute approximate surface area is 69.3 Å². The van der Waals surface area contributed by atoms with Crippen LogP contribution in [0, 0.1) is 6.92 Å². The van der Waals surface area contributed by atoms with Crippen LogP contribution in [0.3, 0.4) is 0 Å². The first-order chi connectivity index (χ1) is 4.84. The van der Waals surface area contributed by atoms with Crippen LogP contribution in [0.2, 0.25) is 0 Å². The van der Waals surface area contributed by atoms with Crippen molar-refractivity contribution in [2.24, 2.45) is 0 Å². The normalized spacial score (nSPS) is 9.27. The van der Waals surface area contributed by atoms with Crippen LogP contribution in [0.4, 0.5) is 0 Å². The van der Waals surface area contributed by atoms with Gasteiger partial charge in [0, 0.05) is 18.4 Å². The van der Waals surface area contributed by atoms with Crippen LogP contribution in [0.1, 0.15) is 32.9 Å². The van der Waals surface area contributed by atoms with Crippen molar-refractivity contribution in [1.29, 1.82) is 0 Å². The molecule has 1 rings (SSSR count). The molecule has 0 unspecified atom stereocenters. The molecule has 2 nitrogen and oxygen atoms in total. The lowest BCUT2D eigenvalue weighted by Crippen LogP contribution is -1.97. The number of hydrogen-bond donors (Lipinski definition) is 0. The van der Waals surface area contributed by atoms with Gasteiger partial charge in [0.05, 0.1) is 6.33 Å². The van der Waals surface area contributed by atoms with Gasteiger partial charge in [0.25, 0.3) is 0 Å². The van der Waals surface area contributed by atoms with Gasteiger partial charge in [-0.05, 0) is 13.3 Å². The standard InChI is InChI=1S/C8H14N2.CH4/c1-3-4-5-10-7-9-6-8(10)2;/h6-7H,3-5H2,1-2H3;1H4. The molecule has 1 aromatic rings. The number of rotatable bonds is 3. The second-order valence-corrected chi connectivity index (χ2v) is 2.58. The number of imidazole rings is 1. The first kappa shape index (κ1) is 10.2. The molecule has 1 heterocycles. The Morgan fingerprint density at radius 2 is 2.27 bits per heavy atom. The average Bonchev–Trinajstić information content (AvgIpc) is 2.31. The summed E-state index contributed by atoms with van der Waals surface area (Å²) in [4.78, 5) is 4.04. The van der Waals surface area contributed by atoms with Gasteiger partial charge in [-0.1, -0.05) is 20.8 Å². The molecule has 11 heavy (non-hydrogen) atoms. The van der Waals surface area contributed by atoms with Gasteiger partial charge in [-0.3, -0.25) is 0 Å². The van der Waals surface area contributed by atoms with Crippen LogP contribution in [0.5, 0.6) is 0 Å². The van der Waals surface area contributed by atoms with E-state index in [1.807, 2.05) is 12.5 Å². The van der Waals surface area contributed by atoms with E-state index in [2.05, 4.69) is 23.4 Å². The molecule has 64 valence electrons. The van der Waals surface area contributed by atoms with Crippen molar-refractivity contribution in [3.05, 3.63) is 18.2 Å². The van der Waals surface area contributed by atoms with Crippen molar-refractivity contribution >= 4 is 0 Å². The van der Waals surface area contributed by atoms with Crippen molar-refractivity contribution < 1.29 is 0 Å². The van der Waals surface area contributed by atoms with E-state index in [-0.39, 0.29) is 7.43 Å². The summed E-state index contributed by atoms with van der Waals surface area (Å²) >= 11 is 0. The fourth-order valence-corrected chi connectivity index (χ4v) is 0.949. The zero-order valence-electron chi connectivity index (χ0n) is 6.67. The number of aryl methyl sites for hydroxylation is 2. The highest BCUT2D eigenvalue weighted by Crippen LogP contribution is 1.99. The minimum absolute atomic E-state index is 0. The predicted octanol–water partition coefficient (Wildman–Crippen LogP) is 2.63. The molecule has 0 amide bonds. The van der Waals surface area contributed by atoms with Gasteiger partial charge >= 0.3 is 0 Å². The lowest BCUT2D eigenvalue weighted by Gasteiger charge is -2.01. The molecule has 0 aromatic carbocycles. The quantitative estimate of drug-likeness (QED) is 0.654. The molecule has 0 saturated carbocycles. The smallest absolute Gasteiger partial charge is 0.0948 e. The van der Waals surface area contributed by atoms with Gasteiger partial charge in [-0.25, -0.2) is 4.98 Å². The number of nitrogens with zero attached hydrogens (tertiary/aromatic N) is 2. The summed E-state index contributed by atoms with van der Waals surface area (Å²) in [6.07, 6.45) is 6.29. The van der Waals surface area contributed by atoms with Crippen molar-refractivity contribution in [2.75, 3.05) is 0 Å². The predicted molar refractivity (Wildman–Crippen MR) is 48.6 cm³/mol. The largest absolute Gasteiger partial charge is 0.335 e. The summed E-state index contributed by atoms with van der Waals surface area (Å²) in [5.41, 5.74) is 1.26. The van der Waals surface area contributed by atoms with E-state index in [9.17, 15) is 0 Å². The highest BCUT2D eigenvalue weighted by Gasteiger charge is 1.92. The van der Waals surface area contributed by atoms with Gasteiger partial charge in [-0.15, -0.1) is 0 Å². The third-order valence-corrected chi connectivity index (χ3v) is 1.67. The number of aromatic nitrogens is 2. The average molecular weight is 154 g/mol. The zero-order chi connectivity index (χ0) is 7.40. The minimum atomic E-state index is 0. The Bertz CT molecular complexity index is 191. The number of unbranched alkanes of at least 4 members (excludes halogenated alkanes) is 1. The number of hydrogen-bond acceptors (Lipinski definition) is 1. The molecule has 0 spiro atoms. The highest BCUT2D eigenvalue weighted by molar-refractivity contribution is 4.93. The molecular weight excluding hydrogens is 136 g/mol. The van der Waals surface area contributed by atoms with Crippen molar-refractivity contribution in [3.63, 3.8) is 0 Å². The van der Waals surface area contributed by atoms with Crippen LogP contribution in [0.15, 0.2) is 12.5 Å². The molecule has 0 bridgehead atoms. The zero-order valence-corrected chi connectivity index (χ0v) is 6.67. The topological polar surface area (TPSA) is 17.8 Å². The van der Waals surface area contributed by atoms with Crippen LogP contribution >= 0.6 is 0 Å².